The monoisotopic (exact) mass is 362 g/mol. The van der Waals surface area contributed by atoms with E-state index in [2.05, 4.69) is 16.4 Å². The third kappa shape index (κ3) is 4.79. The Labute approximate surface area is 151 Å². The fourth-order valence-electron chi connectivity index (χ4n) is 2.29. The van der Waals surface area contributed by atoms with Crippen LogP contribution in [-0.4, -0.2) is 30.1 Å². The van der Waals surface area contributed by atoms with Gasteiger partial charge in [-0.05, 0) is 57.4 Å². The number of nitrogens with one attached hydrogen (secondary N) is 1. The van der Waals surface area contributed by atoms with Crippen molar-refractivity contribution >= 4 is 28.3 Å². The summed E-state index contributed by atoms with van der Waals surface area (Å²) in [7, 11) is 0. The van der Waals surface area contributed by atoms with Gasteiger partial charge in [0, 0.05) is 0 Å². The van der Waals surface area contributed by atoms with E-state index in [9.17, 15) is 9.59 Å². The molecule has 1 heterocycles. The molecule has 0 saturated carbocycles. The summed E-state index contributed by atoms with van der Waals surface area (Å²) in [6.07, 6.45) is 0. The number of benzene rings is 1. The van der Waals surface area contributed by atoms with E-state index >= 15 is 0 Å². The first kappa shape index (κ1) is 18.9. The van der Waals surface area contributed by atoms with Crippen LogP contribution in [0.1, 0.15) is 39.0 Å². The fraction of sp³-hybridized carbons (Fsp3) is 0.389. The minimum absolute atomic E-state index is 0.128. The van der Waals surface area contributed by atoms with E-state index in [0.29, 0.717) is 28.1 Å². The molecule has 2 aromatic rings. The molecule has 7 heteroatoms. The van der Waals surface area contributed by atoms with E-state index in [1.54, 1.807) is 13.8 Å². The van der Waals surface area contributed by atoms with Crippen molar-refractivity contribution in [2.24, 2.45) is 0 Å². The van der Waals surface area contributed by atoms with E-state index < -0.39 is 5.97 Å². The van der Waals surface area contributed by atoms with Crippen molar-refractivity contribution in [2.75, 3.05) is 18.5 Å². The zero-order chi connectivity index (χ0) is 18.6. The molecule has 1 aromatic carbocycles. The number of thiazole rings is 1. The van der Waals surface area contributed by atoms with Gasteiger partial charge in [0.25, 0.3) is 5.91 Å². The fourth-order valence-corrected chi connectivity index (χ4v) is 3.16. The number of hydrogen-bond donors (Lipinski definition) is 1. The van der Waals surface area contributed by atoms with Crippen molar-refractivity contribution in [3.05, 3.63) is 39.4 Å². The van der Waals surface area contributed by atoms with Crippen LogP contribution in [0.5, 0.6) is 5.75 Å². The third-order valence-corrected chi connectivity index (χ3v) is 4.68. The van der Waals surface area contributed by atoms with Gasteiger partial charge in [0.2, 0.25) is 0 Å². The number of carbonyl (C=O) groups is 2. The molecular formula is C18H22N2O4S. The quantitative estimate of drug-likeness (QED) is 0.795. The maximum absolute atomic E-state index is 12.1. The normalized spacial score (nSPS) is 10.4. The number of esters is 1. The second kappa shape index (κ2) is 8.11. The van der Waals surface area contributed by atoms with Gasteiger partial charge in [-0.3, -0.25) is 10.1 Å². The summed E-state index contributed by atoms with van der Waals surface area (Å²) in [6, 6.07) is 3.97. The summed E-state index contributed by atoms with van der Waals surface area (Å²) in [6.45, 7) is 9.55. The van der Waals surface area contributed by atoms with Gasteiger partial charge in [0.05, 0.1) is 12.3 Å². The van der Waals surface area contributed by atoms with Crippen molar-refractivity contribution in [3.63, 3.8) is 0 Å². The lowest BCUT2D eigenvalue weighted by Gasteiger charge is -2.11. The Balaban J connectivity index is 1.99. The first-order valence-corrected chi connectivity index (χ1v) is 8.78. The Morgan fingerprint density at radius 3 is 2.60 bits per heavy atom. The number of carbonyl (C=O) groups excluding carboxylic acids is 2. The maximum Gasteiger partial charge on any atom is 0.350 e. The Hall–Kier alpha value is -2.41. The van der Waals surface area contributed by atoms with E-state index in [4.69, 9.17) is 9.47 Å². The molecule has 2 rings (SSSR count). The Morgan fingerprint density at radius 2 is 1.92 bits per heavy atom. The van der Waals surface area contributed by atoms with E-state index in [0.717, 1.165) is 28.0 Å². The number of ether oxygens (including phenoxy) is 2. The van der Waals surface area contributed by atoms with Crippen LogP contribution < -0.4 is 10.1 Å². The van der Waals surface area contributed by atoms with E-state index in [-0.39, 0.29) is 12.5 Å². The van der Waals surface area contributed by atoms with Crippen LogP contribution in [0.15, 0.2) is 12.1 Å². The summed E-state index contributed by atoms with van der Waals surface area (Å²) in [5, 5.41) is 3.01. The van der Waals surface area contributed by atoms with Crippen LogP contribution in [0.2, 0.25) is 0 Å². The topological polar surface area (TPSA) is 77.5 Å². The Bertz CT molecular complexity index is 799. The Kier molecular flexibility index (Phi) is 6.14. The first-order valence-electron chi connectivity index (χ1n) is 7.96. The number of aromatic nitrogens is 1. The summed E-state index contributed by atoms with van der Waals surface area (Å²) >= 11 is 1.09. The second-order valence-corrected chi connectivity index (χ2v) is 6.69. The number of rotatable bonds is 6. The van der Waals surface area contributed by atoms with Crippen molar-refractivity contribution in [3.8, 4) is 5.75 Å². The molecule has 134 valence electrons. The molecule has 1 N–H and O–H groups in total. The predicted octanol–water partition coefficient (Wildman–Crippen LogP) is 3.57. The van der Waals surface area contributed by atoms with Gasteiger partial charge >= 0.3 is 5.97 Å². The molecule has 0 radical (unpaired) electrons. The third-order valence-electron chi connectivity index (χ3n) is 3.63. The van der Waals surface area contributed by atoms with Gasteiger partial charge in [-0.2, -0.15) is 0 Å². The maximum atomic E-state index is 12.1. The minimum Gasteiger partial charge on any atom is -0.483 e. The molecule has 0 aliphatic heterocycles. The SMILES string of the molecule is CCOC(=O)c1sc(NC(=O)COc2cc(C)cc(C)c2C)nc1C. The summed E-state index contributed by atoms with van der Waals surface area (Å²) in [4.78, 5) is 28.5. The lowest BCUT2D eigenvalue weighted by Crippen LogP contribution is -2.20. The van der Waals surface area contributed by atoms with Gasteiger partial charge in [0.1, 0.15) is 10.6 Å². The Morgan fingerprint density at radius 1 is 1.20 bits per heavy atom. The van der Waals surface area contributed by atoms with Crippen LogP contribution in [-0.2, 0) is 9.53 Å². The van der Waals surface area contributed by atoms with E-state index in [1.165, 1.54) is 0 Å². The molecule has 0 fully saturated rings. The molecule has 0 spiro atoms. The number of aryl methyl sites for hydroxylation is 3. The number of hydrogen-bond acceptors (Lipinski definition) is 6. The summed E-state index contributed by atoms with van der Waals surface area (Å²) in [5.74, 6) is -0.0713. The molecule has 0 unspecified atom stereocenters. The summed E-state index contributed by atoms with van der Waals surface area (Å²) in [5.41, 5.74) is 3.73. The van der Waals surface area contributed by atoms with E-state index in [1.807, 2.05) is 26.8 Å². The lowest BCUT2D eigenvalue weighted by molar-refractivity contribution is -0.118. The highest BCUT2D eigenvalue weighted by Crippen LogP contribution is 2.25. The number of anilines is 1. The molecule has 0 aliphatic carbocycles. The van der Waals surface area contributed by atoms with Crippen molar-refractivity contribution < 1.29 is 19.1 Å². The average molecular weight is 362 g/mol. The molecule has 6 nitrogen and oxygen atoms in total. The van der Waals surface area contributed by atoms with Crippen LogP contribution in [0, 0.1) is 27.7 Å². The first-order chi connectivity index (χ1) is 11.8. The van der Waals surface area contributed by atoms with Gasteiger partial charge in [0.15, 0.2) is 11.7 Å². The van der Waals surface area contributed by atoms with Crippen LogP contribution >= 0.6 is 11.3 Å². The van der Waals surface area contributed by atoms with Crippen LogP contribution in [0.25, 0.3) is 0 Å². The van der Waals surface area contributed by atoms with Gasteiger partial charge in [-0.1, -0.05) is 17.4 Å². The molecule has 0 atom stereocenters. The van der Waals surface area contributed by atoms with Crippen molar-refractivity contribution in [1.82, 2.24) is 4.98 Å². The highest BCUT2D eigenvalue weighted by Gasteiger charge is 2.17. The summed E-state index contributed by atoms with van der Waals surface area (Å²) < 4.78 is 10.6. The molecule has 1 amide bonds. The molecule has 25 heavy (non-hydrogen) atoms. The highest BCUT2D eigenvalue weighted by atomic mass is 32.1. The number of amides is 1. The lowest BCUT2D eigenvalue weighted by atomic mass is 10.1. The molecular weight excluding hydrogens is 340 g/mol. The zero-order valence-electron chi connectivity index (χ0n) is 15.1. The van der Waals surface area contributed by atoms with Gasteiger partial charge in [-0.15, -0.1) is 0 Å². The largest absolute Gasteiger partial charge is 0.483 e. The van der Waals surface area contributed by atoms with Crippen LogP contribution in [0.3, 0.4) is 0 Å². The van der Waals surface area contributed by atoms with Crippen molar-refractivity contribution in [1.29, 1.82) is 0 Å². The second-order valence-electron chi connectivity index (χ2n) is 5.70. The standard InChI is InChI=1S/C18H22N2O4S/c1-6-23-17(22)16-13(5)19-18(25-16)20-15(21)9-24-14-8-10(2)7-11(3)12(14)4/h7-8H,6,9H2,1-5H3,(H,19,20,21). The molecule has 0 aliphatic rings. The van der Waals surface area contributed by atoms with Gasteiger partial charge in [-0.25, -0.2) is 9.78 Å². The molecule has 0 saturated heterocycles. The molecule has 1 aromatic heterocycles. The predicted molar refractivity (Wildman–Crippen MR) is 97.6 cm³/mol. The smallest absolute Gasteiger partial charge is 0.350 e. The number of nitrogens with zero attached hydrogens (tertiary/aromatic N) is 1. The zero-order valence-corrected chi connectivity index (χ0v) is 15.9. The molecule has 0 bridgehead atoms. The average Bonchev–Trinajstić information content (AvgIpc) is 2.90. The van der Waals surface area contributed by atoms with Crippen LogP contribution in [0.4, 0.5) is 5.13 Å². The highest BCUT2D eigenvalue weighted by molar-refractivity contribution is 7.17. The van der Waals surface area contributed by atoms with Crippen molar-refractivity contribution in [2.45, 2.75) is 34.6 Å². The van der Waals surface area contributed by atoms with Gasteiger partial charge < -0.3 is 9.47 Å². The minimum atomic E-state index is -0.430.